The Morgan fingerprint density at radius 2 is 1.88 bits per heavy atom. The maximum absolute atomic E-state index is 11.5. The molecule has 0 bridgehead atoms. The van der Waals surface area contributed by atoms with E-state index in [1.54, 1.807) is 0 Å². The van der Waals surface area contributed by atoms with E-state index in [0.29, 0.717) is 5.56 Å². The molecule has 0 aliphatic heterocycles. The zero-order chi connectivity index (χ0) is 12.4. The Balaban J connectivity index is 2.90. The molecule has 1 N–H and O–H groups in total. The summed E-state index contributed by atoms with van der Waals surface area (Å²) >= 11 is 0. The van der Waals surface area contributed by atoms with Crippen molar-refractivity contribution in [3.63, 3.8) is 0 Å². The molecule has 0 saturated heterocycles. The van der Waals surface area contributed by atoms with Crippen molar-refractivity contribution in [2.45, 2.75) is 26.7 Å². The van der Waals surface area contributed by atoms with Crippen molar-refractivity contribution in [1.82, 2.24) is 0 Å². The highest BCUT2D eigenvalue weighted by molar-refractivity contribution is 6.05. The number of rotatable bonds is 3. The van der Waals surface area contributed by atoms with Gasteiger partial charge in [-0.3, -0.25) is 0 Å². The molecule has 0 fully saturated rings. The Hall–Kier alpha value is -1.83. The first-order valence-corrected chi connectivity index (χ1v) is 5.95. The number of carbonyl (C=O) groups is 1. The third-order valence-electron chi connectivity index (χ3n) is 3.20. The Labute approximate surface area is 101 Å². The molecule has 0 heterocycles. The second-order valence-electron chi connectivity index (χ2n) is 4.12. The van der Waals surface area contributed by atoms with Crippen LogP contribution in [0.15, 0.2) is 30.3 Å². The standard InChI is InChI=1S/C15H16O2/c1-3-10-9-11-7-5-6-8-13(11)14(15(16)17)12(10)4-2/h5-9H,3-4H2,1-2H3,(H,16,17). The summed E-state index contributed by atoms with van der Waals surface area (Å²) in [6.07, 6.45) is 1.63. The van der Waals surface area contributed by atoms with Gasteiger partial charge in [0.1, 0.15) is 0 Å². The predicted octanol–water partition coefficient (Wildman–Crippen LogP) is 3.66. The molecule has 0 spiro atoms. The maximum Gasteiger partial charge on any atom is 0.336 e. The van der Waals surface area contributed by atoms with E-state index in [2.05, 4.69) is 13.0 Å². The number of hydrogen-bond donors (Lipinski definition) is 1. The van der Waals surface area contributed by atoms with E-state index >= 15 is 0 Å². The van der Waals surface area contributed by atoms with Crippen LogP contribution >= 0.6 is 0 Å². The molecule has 88 valence electrons. The number of carboxylic acids is 1. The summed E-state index contributed by atoms with van der Waals surface area (Å²) in [7, 11) is 0. The van der Waals surface area contributed by atoms with Crippen LogP contribution in [0, 0.1) is 0 Å². The Morgan fingerprint density at radius 3 is 2.47 bits per heavy atom. The van der Waals surface area contributed by atoms with Crippen LogP contribution in [0.3, 0.4) is 0 Å². The summed E-state index contributed by atoms with van der Waals surface area (Å²) in [5.41, 5.74) is 2.59. The maximum atomic E-state index is 11.5. The van der Waals surface area contributed by atoms with Crippen LogP contribution in [0.1, 0.15) is 35.3 Å². The minimum atomic E-state index is -0.826. The molecule has 0 amide bonds. The van der Waals surface area contributed by atoms with Gasteiger partial charge in [-0.2, -0.15) is 0 Å². The zero-order valence-electron chi connectivity index (χ0n) is 10.2. The lowest BCUT2D eigenvalue weighted by Crippen LogP contribution is -2.06. The average Bonchev–Trinajstić information content (AvgIpc) is 2.35. The number of benzene rings is 2. The van der Waals surface area contributed by atoms with E-state index in [0.717, 1.165) is 34.7 Å². The highest BCUT2D eigenvalue weighted by Crippen LogP contribution is 2.27. The van der Waals surface area contributed by atoms with Gasteiger partial charge in [-0.15, -0.1) is 0 Å². The van der Waals surface area contributed by atoms with Crippen molar-refractivity contribution in [1.29, 1.82) is 0 Å². The average molecular weight is 228 g/mol. The fourth-order valence-corrected chi connectivity index (χ4v) is 2.41. The Kier molecular flexibility index (Phi) is 3.14. The number of fused-ring (bicyclic) bond motifs is 1. The van der Waals surface area contributed by atoms with Crippen LogP contribution < -0.4 is 0 Å². The largest absolute Gasteiger partial charge is 0.478 e. The van der Waals surface area contributed by atoms with Gasteiger partial charge in [-0.1, -0.05) is 44.2 Å². The summed E-state index contributed by atoms with van der Waals surface area (Å²) in [5, 5.41) is 11.3. The van der Waals surface area contributed by atoms with Crippen LogP contribution in [-0.4, -0.2) is 11.1 Å². The van der Waals surface area contributed by atoms with E-state index in [1.165, 1.54) is 0 Å². The Bertz CT molecular complexity index is 570. The lowest BCUT2D eigenvalue weighted by Gasteiger charge is -2.13. The first kappa shape index (κ1) is 11.6. The van der Waals surface area contributed by atoms with Crippen LogP contribution in [0.4, 0.5) is 0 Å². The second kappa shape index (κ2) is 4.58. The van der Waals surface area contributed by atoms with Crippen molar-refractivity contribution in [2.75, 3.05) is 0 Å². The first-order valence-electron chi connectivity index (χ1n) is 5.95. The first-order chi connectivity index (χ1) is 8.19. The van der Waals surface area contributed by atoms with Crippen LogP contribution in [0.5, 0.6) is 0 Å². The monoisotopic (exact) mass is 228 g/mol. The summed E-state index contributed by atoms with van der Waals surface area (Å²) in [4.78, 5) is 11.5. The van der Waals surface area contributed by atoms with Gasteiger partial charge in [0.05, 0.1) is 5.56 Å². The number of carboxylic acid groups (broad SMARTS) is 1. The zero-order valence-corrected chi connectivity index (χ0v) is 10.2. The van der Waals surface area contributed by atoms with Crippen molar-refractivity contribution in [3.8, 4) is 0 Å². The van der Waals surface area contributed by atoms with Gasteiger partial charge in [0.25, 0.3) is 0 Å². The summed E-state index contributed by atoms with van der Waals surface area (Å²) in [6, 6.07) is 9.80. The molecule has 17 heavy (non-hydrogen) atoms. The molecule has 0 saturated carbocycles. The van der Waals surface area contributed by atoms with E-state index < -0.39 is 5.97 Å². The fraction of sp³-hybridized carbons (Fsp3) is 0.267. The highest BCUT2D eigenvalue weighted by atomic mass is 16.4. The van der Waals surface area contributed by atoms with Crippen LogP contribution in [0.25, 0.3) is 10.8 Å². The van der Waals surface area contributed by atoms with Crippen molar-refractivity contribution < 1.29 is 9.90 Å². The number of aryl methyl sites for hydroxylation is 1. The minimum absolute atomic E-state index is 0.474. The lowest BCUT2D eigenvalue weighted by molar-refractivity contribution is 0.0698. The topological polar surface area (TPSA) is 37.3 Å². The van der Waals surface area contributed by atoms with Crippen molar-refractivity contribution in [3.05, 3.63) is 47.0 Å². The SMILES string of the molecule is CCc1cc2ccccc2c(C(=O)O)c1CC. The number of aromatic carboxylic acids is 1. The molecule has 0 atom stereocenters. The quantitative estimate of drug-likeness (QED) is 0.870. The molecule has 0 aliphatic carbocycles. The molecular formula is C15H16O2. The molecule has 0 unspecified atom stereocenters. The van der Waals surface area contributed by atoms with E-state index in [1.807, 2.05) is 31.2 Å². The number of hydrogen-bond acceptors (Lipinski definition) is 1. The van der Waals surface area contributed by atoms with E-state index in [9.17, 15) is 9.90 Å². The van der Waals surface area contributed by atoms with Gasteiger partial charge in [-0.25, -0.2) is 4.79 Å². The third kappa shape index (κ3) is 1.91. The van der Waals surface area contributed by atoms with Gasteiger partial charge < -0.3 is 5.11 Å². The van der Waals surface area contributed by atoms with Gasteiger partial charge in [-0.05, 0) is 34.7 Å². The van der Waals surface area contributed by atoms with Gasteiger partial charge in [0.15, 0.2) is 0 Å². The normalized spacial score (nSPS) is 10.7. The van der Waals surface area contributed by atoms with Gasteiger partial charge in [0, 0.05) is 0 Å². The smallest absolute Gasteiger partial charge is 0.336 e. The molecule has 0 radical (unpaired) electrons. The third-order valence-corrected chi connectivity index (χ3v) is 3.20. The Morgan fingerprint density at radius 1 is 1.18 bits per heavy atom. The molecule has 2 aromatic carbocycles. The molecule has 2 aromatic rings. The summed E-state index contributed by atoms with van der Waals surface area (Å²) in [5.74, 6) is -0.826. The predicted molar refractivity (Wildman–Crippen MR) is 69.7 cm³/mol. The molecule has 0 aliphatic rings. The van der Waals surface area contributed by atoms with E-state index in [4.69, 9.17) is 0 Å². The van der Waals surface area contributed by atoms with Gasteiger partial charge >= 0.3 is 5.97 Å². The fourth-order valence-electron chi connectivity index (χ4n) is 2.41. The summed E-state index contributed by atoms with van der Waals surface area (Å²) in [6.45, 7) is 4.07. The molecule has 2 nitrogen and oxygen atoms in total. The van der Waals surface area contributed by atoms with Gasteiger partial charge in [0.2, 0.25) is 0 Å². The van der Waals surface area contributed by atoms with Crippen LogP contribution in [-0.2, 0) is 12.8 Å². The molecule has 2 rings (SSSR count). The lowest BCUT2D eigenvalue weighted by atomic mass is 9.91. The minimum Gasteiger partial charge on any atom is -0.478 e. The van der Waals surface area contributed by atoms with Crippen molar-refractivity contribution >= 4 is 16.7 Å². The molecular weight excluding hydrogens is 212 g/mol. The molecule has 0 aromatic heterocycles. The summed E-state index contributed by atoms with van der Waals surface area (Å²) < 4.78 is 0. The highest BCUT2D eigenvalue weighted by Gasteiger charge is 2.16. The second-order valence-corrected chi connectivity index (χ2v) is 4.12. The van der Waals surface area contributed by atoms with Crippen molar-refractivity contribution in [2.24, 2.45) is 0 Å². The van der Waals surface area contributed by atoms with Crippen LogP contribution in [0.2, 0.25) is 0 Å². The molecule has 2 heteroatoms. The van der Waals surface area contributed by atoms with E-state index in [-0.39, 0.29) is 0 Å².